The van der Waals surface area contributed by atoms with Gasteiger partial charge in [-0.25, -0.2) is 4.39 Å². The summed E-state index contributed by atoms with van der Waals surface area (Å²) in [5, 5.41) is 3.56. The Balaban J connectivity index is 1.94. The van der Waals surface area contributed by atoms with Gasteiger partial charge in [0.2, 0.25) is 0 Å². The van der Waals surface area contributed by atoms with Crippen LogP contribution in [0.15, 0.2) is 59.5 Å². The highest BCUT2D eigenvalue weighted by Gasteiger charge is 2.11. The van der Waals surface area contributed by atoms with E-state index >= 15 is 0 Å². The van der Waals surface area contributed by atoms with Crippen molar-refractivity contribution in [2.24, 2.45) is 0 Å². The molecule has 0 saturated carbocycles. The predicted octanol–water partition coefficient (Wildman–Crippen LogP) is 4.53. The van der Waals surface area contributed by atoms with Gasteiger partial charge in [0.15, 0.2) is 0 Å². The van der Waals surface area contributed by atoms with Crippen molar-refractivity contribution in [2.45, 2.75) is 30.7 Å². The molecule has 0 aliphatic heterocycles. The van der Waals surface area contributed by atoms with Crippen molar-refractivity contribution in [3.05, 3.63) is 66.0 Å². The number of benzene rings is 2. The van der Waals surface area contributed by atoms with Gasteiger partial charge in [-0.05, 0) is 37.1 Å². The molecule has 0 spiro atoms. The van der Waals surface area contributed by atoms with E-state index in [4.69, 9.17) is 0 Å². The summed E-state index contributed by atoms with van der Waals surface area (Å²) in [5.74, 6) is 0.743. The van der Waals surface area contributed by atoms with Crippen LogP contribution in [0.2, 0.25) is 0 Å². The van der Waals surface area contributed by atoms with Crippen molar-refractivity contribution >= 4 is 11.8 Å². The summed E-state index contributed by atoms with van der Waals surface area (Å²) in [7, 11) is 0. The average molecular weight is 303 g/mol. The molecule has 2 rings (SSSR count). The number of hydrogen-bond donors (Lipinski definition) is 1. The van der Waals surface area contributed by atoms with Gasteiger partial charge in [0.05, 0.1) is 0 Å². The van der Waals surface area contributed by atoms with E-state index < -0.39 is 0 Å². The van der Waals surface area contributed by atoms with Crippen LogP contribution in [-0.4, -0.2) is 18.3 Å². The molecule has 0 heterocycles. The standard InChI is InChI=1S/C18H22FNS/c1-2-12-20-16(13-15-8-4-3-5-9-15)14-21-18-11-7-6-10-17(18)19/h3-11,16,20H,2,12-14H2,1H3. The summed E-state index contributed by atoms with van der Waals surface area (Å²) >= 11 is 1.59. The van der Waals surface area contributed by atoms with Gasteiger partial charge in [0.1, 0.15) is 5.82 Å². The Hall–Kier alpha value is -1.32. The SMILES string of the molecule is CCCNC(CSc1ccccc1F)Cc1ccccc1. The third kappa shape index (κ3) is 5.52. The maximum absolute atomic E-state index is 13.7. The minimum atomic E-state index is -0.128. The monoisotopic (exact) mass is 303 g/mol. The van der Waals surface area contributed by atoms with E-state index in [-0.39, 0.29) is 5.82 Å². The van der Waals surface area contributed by atoms with Crippen LogP contribution in [0.5, 0.6) is 0 Å². The number of nitrogens with one attached hydrogen (secondary N) is 1. The zero-order valence-corrected chi connectivity index (χ0v) is 13.2. The first kappa shape index (κ1) is 16.1. The Bertz CT molecular complexity index is 530. The summed E-state index contributed by atoms with van der Waals surface area (Å²) in [6.45, 7) is 3.16. The van der Waals surface area contributed by atoms with E-state index in [0.29, 0.717) is 6.04 Å². The fourth-order valence-electron chi connectivity index (χ4n) is 2.19. The minimum absolute atomic E-state index is 0.128. The molecule has 1 nitrogen and oxygen atoms in total. The molecule has 0 aliphatic rings. The van der Waals surface area contributed by atoms with Gasteiger partial charge in [0.25, 0.3) is 0 Å². The highest BCUT2D eigenvalue weighted by atomic mass is 32.2. The molecule has 0 aliphatic carbocycles. The van der Waals surface area contributed by atoms with Gasteiger partial charge in [-0.1, -0.05) is 49.4 Å². The maximum atomic E-state index is 13.7. The molecule has 0 amide bonds. The minimum Gasteiger partial charge on any atom is -0.313 e. The van der Waals surface area contributed by atoms with Crippen molar-refractivity contribution < 1.29 is 4.39 Å². The lowest BCUT2D eigenvalue weighted by Crippen LogP contribution is -2.34. The van der Waals surface area contributed by atoms with E-state index in [2.05, 4.69) is 36.5 Å². The molecule has 0 aromatic heterocycles. The zero-order chi connectivity index (χ0) is 14.9. The average Bonchev–Trinajstić information content (AvgIpc) is 2.52. The van der Waals surface area contributed by atoms with E-state index in [1.165, 1.54) is 11.6 Å². The predicted molar refractivity (Wildman–Crippen MR) is 89.4 cm³/mol. The first-order valence-electron chi connectivity index (χ1n) is 7.44. The second kappa shape index (κ2) is 8.85. The van der Waals surface area contributed by atoms with Gasteiger partial charge >= 0.3 is 0 Å². The summed E-state index contributed by atoms with van der Waals surface area (Å²) in [5.41, 5.74) is 1.32. The van der Waals surface area contributed by atoms with Gasteiger partial charge in [-0.15, -0.1) is 11.8 Å². The van der Waals surface area contributed by atoms with Crippen molar-refractivity contribution in [2.75, 3.05) is 12.3 Å². The molecular formula is C18H22FNS. The van der Waals surface area contributed by atoms with E-state index in [9.17, 15) is 4.39 Å². The molecule has 1 unspecified atom stereocenters. The Morgan fingerprint density at radius 3 is 2.48 bits per heavy atom. The van der Waals surface area contributed by atoms with Crippen LogP contribution in [0, 0.1) is 5.82 Å². The topological polar surface area (TPSA) is 12.0 Å². The van der Waals surface area contributed by atoms with Crippen molar-refractivity contribution in [3.8, 4) is 0 Å². The lowest BCUT2D eigenvalue weighted by Gasteiger charge is -2.18. The second-order valence-corrected chi connectivity index (χ2v) is 6.14. The van der Waals surface area contributed by atoms with E-state index in [0.717, 1.165) is 30.0 Å². The zero-order valence-electron chi connectivity index (χ0n) is 12.4. The molecule has 0 bridgehead atoms. The van der Waals surface area contributed by atoms with Gasteiger partial charge in [0, 0.05) is 16.7 Å². The molecule has 1 N–H and O–H groups in total. The number of halogens is 1. The molecular weight excluding hydrogens is 281 g/mol. The van der Waals surface area contributed by atoms with Gasteiger partial charge in [-0.2, -0.15) is 0 Å². The highest BCUT2D eigenvalue weighted by molar-refractivity contribution is 7.99. The number of rotatable bonds is 8. The first-order valence-corrected chi connectivity index (χ1v) is 8.42. The fraction of sp³-hybridized carbons (Fsp3) is 0.333. The highest BCUT2D eigenvalue weighted by Crippen LogP contribution is 2.22. The first-order chi connectivity index (χ1) is 10.3. The van der Waals surface area contributed by atoms with E-state index in [1.54, 1.807) is 17.8 Å². The quantitative estimate of drug-likeness (QED) is 0.719. The molecule has 21 heavy (non-hydrogen) atoms. The molecule has 112 valence electrons. The maximum Gasteiger partial charge on any atom is 0.136 e. The third-order valence-electron chi connectivity index (χ3n) is 3.28. The summed E-state index contributed by atoms with van der Waals surface area (Å²) in [6.07, 6.45) is 2.08. The van der Waals surface area contributed by atoms with Crippen LogP contribution in [0.1, 0.15) is 18.9 Å². The van der Waals surface area contributed by atoms with Crippen LogP contribution in [-0.2, 0) is 6.42 Å². The Morgan fingerprint density at radius 1 is 1.05 bits per heavy atom. The summed E-state index contributed by atoms with van der Waals surface area (Å²) < 4.78 is 13.7. The van der Waals surface area contributed by atoms with Crippen LogP contribution < -0.4 is 5.32 Å². The van der Waals surface area contributed by atoms with Crippen LogP contribution in [0.25, 0.3) is 0 Å². The Labute approximate surface area is 131 Å². The molecule has 0 saturated heterocycles. The van der Waals surface area contributed by atoms with Crippen molar-refractivity contribution in [1.82, 2.24) is 5.32 Å². The number of hydrogen-bond acceptors (Lipinski definition) is 2. The molecule has 3 heteroatoms. The molecule has 0 fully saturated rings. The van der Waals surface area contributed by atoms with Gasteiger partial charge < -0.3 is 5.32 Å². The largest absolute Gasteiger partial charge is 0.313 e. The lowest BCUT2D eigenvalue weighted by molar-refractivity contribution is 0.549. The Kier molecular flexibility index (Phi) is 6.77. The van der Waals surface area contributed by atoms with Crippen molar-refractivity contribution in [3.63, 3.8) is 0 Å². The molecule has 2 aromatic carbocycles. The van der Waals surface area contributed by atoms with Gasteiger partial charge in [-0.3, -0.25) is 0 Å². The van der Waals surface area contributed by atoms with Crippen LogP contribution in [0.4, 0.5) is 4.39 Å². The molecule has 0 radical (unpaired) electrons. The number of thioether (sulfide) groups is 1. The van der Waals surface area contributed by atoms with E-state index in [1.807, 2.05) is 18.2 Å². The summed E-state index contributed by atoms with van der Waals surface area (Å²) in [4.78, 5) is 0.730. The third-order valence-corrected chi connectivity index (χ3v) is 4.50. The normalized spacial score (nSPS) is 12.3. The van der Waals surface area contributed by atoms with Crippen LogP contribution in [0.3, 0.4) is 0 Å². The Morgan fingerprint density at radius 2 is 1.76 bits per heavy atom. The van der Waals surface area contributed by atoms with Crippen LogP contribution >= 0.6 is 11.8 Å². The smallest absolute Gasteiger partial charge is 0.136 e. The summed E-state index contributed by atoms with van der Waals surface area (Å²) in [6, 6.07) is 17.8. The molecule has 2 aromatic rings. The molecule has 1 atom stereocenters. The lowest BCUT2D eigenvalue weighted by atomic mass is 10.1. The second-order valence-electron chi connectivity index (χ2n) is 5.08. The fourth-order valence-corrected chi connectivity index (χ4v) is 3.19. The van der Waals surface area contributed by atoms with Crippen molar-refractivity contribution in [1.29, 1.82) is 0 Å².